The molecular weight excluding hydrogens is 250 g/mol. The molecule has 2 heteroatoms. The van der Waals surface area contributed by atoms with E-state index >= 15 is 0 Å². The predicted octanol–water partition coefficient (Wildman–Crippen LogP) is 4.44. The number of hydrogen-bond acceptors (Lipinski definition) is 2. The molecule has 0 bridgehead atoms. The summed E-state index contributed by atoms with van der Waals surface area (Å²) in [5.41, 5.74) is 10.8. The first kappa shape index (κ1) is 14.0. The molecule has 0 unspecified atom stereocenters. The van der Waals surface area contributed by atoms with Crippen LogP contribution in [0.4, 0.5) is 5.69 Å². The van der Waals surface area contributed by atoms with Gasteiger partial charge in [0.1, 0.15) is 0 Å². The number of nitrogens with two attached hydrogens (primary N) is 1. The third-order valence-corrected chi connectivity index (χ3v) is 4.32. The number of hydrogen-bond donors (Lipinski definition) is 1. The van der Waals surface area contributed by atoms with Crippen molar-refractivity contribution in [1.29, 1.82) is 0 Å². The third kappa shape index (κ3) is 4.64. The van der Waals surface area contributed by atoms with E-state index in [2.05, 4.69) is 43.3 Å². The van der Waals surface area contributed by atoms with Gasteiger partial charge in [0.05, 0.1) is 0 Å². The minimum Gasteiger partial charge on any atom is -0.399 e. The molecule has 0 saturated heterocycles. The molecule has 0 atom stereocenters. The number of benzene rings is 2. The van der Waals surface area contributed by atoms with E-state index in [-0.39, 0.29) is 0 Å². The number of aryl methyl sites for hydroxylation is 2. The van der Waals surface area contributed by atoms with Crippen LogP contribution >= 0.6 is 11.8 Å². The summed E-state index contributed by atoms with van der Waals surface area (Å²) in [5, 5.41) is 0. The molecule has 0 aromatic heterocycles. The second-order valence-corrected chi connectivity index (χ2v) is 5.93. The highest BCUT2D eigenvalue weighted by Gasteiger charge is 1.98. The molecule has 0 aliphatic carbocycles. The van der Waals surface area contributed by atoms with Gasteiger partial charge in [0.25, 0.3) is 0 Å². The van der Waals surface area contributed by atoms with Crippen molar-refractivity contribution in [3.05, 3.63) is 65.2 Å². The van der Waals surface area contributed by atoms with Gasteiger partial charge in [0, 0.05) is 11.4 Å². The van der Waals surface area contributed by atoms with E-state index in [1.807, 2.05) is 23.9 Å². The largest absolute Gasteiger partial charge is 0.399 e. The Morgan fingerprint density at radius 3 is 2.68 bits per heavy atom. The van der Waals surface area contributed by atoms with Crippen LogP contribution in [0.5, 0.6) is 0 Å². The van der Waals surface area contributed by atoms with Gasteiger partial charge in [-0.1, -0.05) is 36.4 Å². The van der Waals surface area contributed by atoms with Crippen LogP contribution in [0.15, 0.2) is 48.5 Å². The number of nitrogen functional groups attached to an aromatic ring is 1. The van der Waals surface area contributed by atoms with Crippen molar-refractivity contribution >= 4 is 17.4 Å². The van der Waals surface area contributed by atoms with Crippen LogP contribution in [0, 0.1) is 6.92 Å². The SMILES string of the molecule is Cc1ccccc1CSCCCc1cccc(N)c1. The minimum atomic E-state index is 0.866. The predicted molar refractivity (Wildman–Crippen MR) is 86.5 cm³/mol. The lowest BCUT2D eigenvalue weighted by Crippen LogP contribution is -1.92. The Hall–Kier alpha value is -1.41. The highest BCUT2D eigenvalue weighted by atomic mass is 32.2. The first-order valence-electron chi connectivity index (χ1n) is 6.72. The molecule has 0 heterocycles. The smallest absolute Gasteiger partial charge is 0.0316 e. The molecule has 0 amide bonds. The van der Waals surface area contributed by atoms with Crippen molar-refractivity contribution in [3.8, 4) is 0 Å². The summed E-state index contributed by atoms with van der Waals surface area (Å²) < 4.78 is 0. The first-order valence-corrected chi connectivity index (χ1v) is 7.88. The zero-order chi connectivity index (χ0) is 13.5. The second kappa shape index (κ2) is 7.25. The van der Waals surface area contributed by atoms with Crippen LogP contribution in [-0.2, 0) is 12.2 Å². The van der Waals surface area contributed by atoms with Crippen molar-refractivity contribution in [2.45, 2.75) is 25.5 Å². The van der Waals surface area contributed by atoms with Crippen LogP contribution < -0.4 is 5.73 Å². The van der Waals surface area contributed by atoms with Crippen molar-refractivity contribution in [2.75, 3.05) is 11.5 Å². The van der Waals surface area contributed by atoms with Crippen LogP contribution in [0.25, 0.3) is 0 Å². The van der Waals surface area contributed by atoms with Crippen molar-refractivity contribution < 1.29 is 0 Å². The van der Waals surface area contributed by atoms with Gasteiger partial charge in [-0.15, -0.1) is 0 Å². The second-order valence-electron chi connectivity index (χ2n) is 4.83. The summed E-state index contributed by atoms with van der Waals surface area (Å²) in [5.74, 6) is 2.31. The van der Waals surface area contributed by atoms with Gasteiger partial charge in [-0.05, 0) is 54.3 Å². The molecule has 2 rings (SSSR count). The Balaban J connectivity index is 1.69. The fourth-order valence-electron chi connectivity index (χ4n) is 2.08. The Morgan fingerprint density at radius 2 is 1.89 bits per heavy atom. The molecule has 0 spiro atoms. The summed E-state index contributed by atoms with van der Waals surface area (Å²) in [6.45, 7) is 2.18. The summed E-state index contributed by atoms with van der Waals surface area (Å²) >= 11 is 2.01. The number of thioether (sulfide) groups is 1. The zero-order valence-electron chi connectivity index (χ0n) is 11.4. The fraction of sp³-hybridized carbons (Fsp3) is 0.294. The molecule has 0 aliphatic heterocycles. The summed E-state index contributed by atoms with van der Waals surface area (Å²) in [7, 11) is 0. The maximum Gasteiger partial charge on any atom is 0.0316 e. The lowest BCUT2D eigenvalue weighted by atomic mass is 10.1. The van der Waals surface area contributed by atoms with E-state index in [1.54, 1.807) is 0 Å². The molecule has 0 radical (unpaired) electrons. The highest BCUT2D eigenvalue weighted by Crippen LogP contribution is 2.17. The van der Waals surface area contributed by atoms with E-state index < -0.39 is 0 Å². The summed E-state index contributed by atoms with van der Waals surface area (Å²) in [6.07, 6.45) is 2.33. The van der Waals surface area contributed by atoms with Gasteiger partial charge < -0.3 is 5.73 Å². The fourth-order valence-corrected chi connectivity index (χ4v) is 3.12. The molecule has 0 saturated carbocycles. The first-order chi connectivity index (χ1) is 9.25. The Kier molecular flexibility index (Phi) is 5.34. The van der Waals surface area contributed by atoms with E-state index in [1.165, 1.54) is 28.9 Å². The van der Waals surface area contributed by atoms with Gasteiger partial charge >= 0.3 is 0 Å². The van der Waals surface area contributed by atoms with Crippen LogP contribution in [0.2, 0.25) is 0 Å². The Morgan fingerprint density at radius 1 is 1.05 bits per heavy atom. The third-order valence-electron chi connectivity index (χ3n) is 3.22. The molecular formula is C17H21NS. The van der Waals surface area contributed by atoms with Gasteiger partial charge in [-0.25, -0.2) is 0 Å². The topological polar surface area (TPSA) is 26.0 Å². The average Bonchev–Trinajstić information content (AvgIpc) is 2.40. The monoisotopic (exact) mass is 271 g/mol. The molecule has 0 aliphatic rings. The molecule has 2 aromatic rings. The standard InChI is InChI=1S/C17H21NS/c1-14-6-2-3-9-16(14)13-19-11-5-8-15-7-4-10-17(18)12-15/h2-4,6-7,9-10,12H,5,8,11,13,18H2,1H3. The molecule has 1 nitrogen and oxygen atoms in total. The maximum absolute atomic E-state index is 5.78. The molecule has 19 heavy (non-hydrogen) atoms. The van der Waals surface area contributed by atoms with E-state index in [4.69, 9.17) is 5.73 Å². The van der Waals surface area contributed by atoms with Gasteiger partial charge in [-0.3, -0.25) is 0 Å². The van der Waals surface area contributed by atoms with Crippen molar-refractivity contribution in [2.24, 2.45) is 0 Å². The van der Waals surface area contributed by atoms with Gasteiger partial charge in [0.2, 0.25) is 0 Å². The number of anilines is 1. The van der Waals surface area contributed by atoms with Crippen LogP contribution in [0.1, 0.15) is 23.1 Å². The molecule has 100 valence electrons. The number of rotatable bonds is 6. The Bertz CT molecular complexity index is 522. The van der Waals surface area contributed by atoms with Gasteiger partial charge in [0.15, 0.2) is 0 Å². The quantitative estimate of drug-likeness (QED) is 0.621. The molecule has 0 fully saturated rings. The summed E-state index contributed by atoms with van der Waals surface area (Å²) in [6, 6.07) is 16.8. The van der Waals surface area contributed by atoms with Crippen molar-refractivity contribution in [1.82, 2.24) is 0 Å². The van der Waals surface area contributed by atoms with E-state index in [9.17, 15) is 0 Å². The maximum atomic E-state index is 5.78. The van der Waals surface area contributed by atoms with Crippen LogP contribution in [0.3, 0.4) is 0 Å². The van der Waals surface area contributed by atoms with Crippen molar-refractivity contribution in [3.63, 3.8) is 0 Å². The minimum absolute atomic E-state index is 0.866. The summed E-state index contributed by atoms with van der Waals surface area (Å²) in [4.78, 5) is 0. The lowest BCUT2D eigenvalue weighted by Gasteiger charge is -2.06. The highest BCUT2D eigenvalue weighted by molar-refractivity contribution is 7.98. The Labute approximate surface area is 120 Å². The average molecular weight is 271 g/mol. The van der Waals surface area contributed by atoms with Gasteiger partial charge in [-0.2, -0.15) is 11.8 Å². The van der Waals surface area contributed by atoms with Crippen LogP contribution in [-0.4, -0.2) is 5.75 Å². The zero-order valence-corrected chi connectivity index (χ0v) is 12.2. The molecule has 2 N–H and O–H groups in total. The molecule has 2 aromatic carbocycles. The normalized spacial score (nSPS) is 10.6. The van der Waals surface area contributed by atoms with E-state index in [0.717, 1.165) is 17.9 Å². The lowest BCUT2D eigenvalue weighted by molar-refractivity contribution is 0.933. The van der Waals surface area contributed by atoms with E-state index in [0.29, 0.717) is 0 Å².